The van der Waals surface area contributed by atoms with E-state index in [1.807, 2.05) is 24.3 Å². The fourth-order valence-corrected chi connectivity index (χ4v) is 3.57. The molecular formula is C19H22N4O5. The summed E-state index contributed by atoms with van der Waals surface area (Å²) in [5.74, 6) is 1.40. The molecule has 2 aliphatic heterocycles. The number of likely N-dealkylation sites (tertiary alicyclic amines) is 1. The van der Waals surface area contributed by atoms with Crippen molar-refractivity contribution in [1.82, 2.24) is 20.4 Å². The summed E-state index contributed by atoms with van der Waals surface area (Å²) in [4.78, 5) is 30.0. The van der Waals surface area contributed by atoms with Gasteiger partial charge < -0.3 is 24.2 Å². The summed E-state index contributed by atoms with van der Waals surface area (Å²) < 4.78 is 16.3. The molecule has 1 unspecified atom stereocenters. The third kappa shape index (κ3) is 3.70. The second kappa shape index (κ2) is 7.59. The molecule has 2 amide bonds. The Kier molecular flexibility index (Phi) is 4.99. The molecule has 3 heterocycles. The number of nitrogens with zero attached hydrogens (tertiary/aromatic N) is 3. The van der Waals surface area contributed by atoms with E-state index in [1.165, 1.54) is 0 Å². The van der Waals surface area contributed by atoms with Crippen molar-refractivity contribution in [2.75, 3.05) is 33.4 Å². The molecule has 2 aromatic rings. The molecule has 9 nitrogen and oxygen atoms in total. The number of carbonyl (C=O) groups is 2. The SMILES string of the molecule is COc1ccccc1-c1noc(CCC(=O)N2CCC3(CNC(=O)CO3)C2)n1. The van der Waals surface area contributed by atoms with E-state index in [0.717, 1.165) is 12.0 Å². The van der Waals surface area contributed by atoms with Crippen LogP contribution in [0.25, 0.3) is 11.4 Å². The molecule has 1 atom stereocenters. The molecule has 2 fully saturated rings. The van der Waals surface area contributed by atoms with Crippen molar-refractivity contribution in [3.05, 3.63) is 30.2 Å². The highest BCUT2D eigenvalue weighted by atomic mass is 16.5. The molecule has 1 N–H and O–H groups in total. The van der Waals surface area contributed by atoms with E-state index in [9.17, 15) is 9.59 Å². The maximum Gasteiger partial charge on any atom is 0.246 e. The van der Waals surface area contributed by atoms with Crippen LogP contribution in [-0.4, -0.2) is 65.8 Å². The lowest BCUT2D eigenvalue weighted by atomic mass is 10.0. The van der Waals surface area contributed by atoms with Crippen LogP contribution in [0.5, 0.6) is 5.75 Å². The van der Waals surface area contributed by atoms with Gasteiger partial charge in [-0.25, -0.2) is 0 Å². The van der Waals surface area contributed by atoms with Crippen LogP contribution in [0, 0.1) is 0 Å². The molecule has 0 saturated carbocycles. The molecule has 0 radical (unpaired) electrons. The zero-order valence-corrected chi connectivity index (χ0v) is 15.6. The van der Waals surface area contributed by atoms with E-state index in [1.54, 1.807) is 12.0 Å². The molecule has 148 valence electrons. The molecular weight excluding hydrogens is 364 g/mol. The van der Waals surface area contributed by atoms with Gasteiger partial charge in [-0.1, -0.05) is 17.3 Å². The summed E-state index contributed by atoms with van der Waals surface area (Å²) in [7, 11) is 1.59. The Morgan fingerprint density at radius 3 is 3.04 bits per heavy atom. The highest BCUT2D eigenvalue weighted by molar-refractivity contribution is 5.79. The number of hydrogen-bond donors (Lipinski definition) is 1. The summed E-state index contributed by atoms with van der Waals surface area (Å²) in [6, 6.07) is 7.42. The first-order valence-electron chi connectivity index (χ1n) is 9.23. The first-order valence-corrected chi connectivity index (χ1v) is 9.23. The van der Waals surface area contributed by atoms with Crippen LogP contribution in [0.1, 0.15) is 18.7 Å². The van der Waals surface area contributed by atoms with Gasteiger partial charge in [-0.3, -0.25) is 9.59 Å². The molecule has 28 heavy (non-hydrogen) atoms. The third-order valence-electron chi connectivity index (χ3n) is 5.15. The van der Waals surface area contributed by atoms with Crippen LogP contribution in [0.4, 0.5) is 0 Å². The van der Waals surface area contributed by atoms with Crippen LogP contribution in [0.3, 0.4) is 0 Å². The number of aryl methyl sites for hydroxylation is 1. The van der Waals surface area contributed by atoms with Crippen LogP contribution < -0.4 is 10.1 Å². The Balaban J connectivity index is 1.33. The van der Waals surface area contributed by atoms with Crippen molar-refractivity contribution in [2.45, 2.75) is 24.9 Å². The quantitative estimate of drug-likeness (QED) is 0.810. The predicted octanol–water partition coefficient (Wildman–Crippen LogP) is 0.795. The van der Waals surface area contributed by atoms with Gasteiger partial charge >= 0.3 is 0 Å². The van der Waals surface area contributed by atoms with Crippen molar-refractivity contribution in [2.24, 2.45) is 0 Å². The van der Waals surface area contributed by atoms with E-state index >= 15 is 0 Å². The molecule has 4 rings (SSSR count). The van der Waals surface area contributed by atoms with Crippen LogP contribution in [0.15, 0.2) is 28.8 Å². The zero-order chi connectivity index (χ0) is 19.6. The van der Waals surface area contributed by atoms with Gasteiger partial charge in [0.25, 0.3) is 0 Å². The molecule has 0 aliphatic carbocycles. The lowest BCUT2D eigenvalue weighted by Crippen LogP contribution is -2.54. The lowest BCUT2D eigenvalue weighted by Gasteiger charge is -2.33. The van der Waals surface area contributed by atoms with Crippen LogP contribution in [0.2, 0.25) is 0 Å². The second-order valence-electron chi connectivity index (χ2n) is 7.03. The van der Waals surface area contributed by atoms with Gasteiger partial charge in [-0.15, -0.1) is 0 Å². The van der Waals surface area contributed by atoms with E-state index in [4.69, 9.17) is 14.0 Å². The lowest BCUT2D eigenvalue weighted by molar-refractivity contribution is -0.143. The monoisotopic (exact) mass is 386 g/mol. The van der Waals surface area contributed by atoms with Crippen molar-refractivity contribution in [3.63, 3.8) is 0 Å². The number of nitrogens with one attached hydrogen (secondary N) is 1. The number of morpholine rings is 1. The standard InChI is InChI=1S/C19H22N4O5/c1-26-14-5-3-2-4-13(14)18-21-16(28-22-18)6-7-17(25)23-9-8-19(12-23)11-20-15(24)10-27-19/h2-5H,6-12H2,1H3,(H,20,24). The van der Waals surface area contributed by atoms with E-state index < -0.39 is 5.60 Å². The number of aromatic nitrogens is 2. The number of methoxy groups -OCH3 is 1. The predicted molar refractivity (Wildman–Crippen MR) is 97.5 cm³/mol. The first-order chi connectivity index (χ1) is 13.6. The Labute approximate surface area is 162 Å². The van der Waals surface area contributed by atoms with E-state index in [-0.39, 0.29) is 24.8 Å². The summed E-state index contributed by atoms with van der Waals surface area (Å²) in [5, 5.41) is 6.81. The molecule has 1 aromatic heterocycles. The minimum Gasteiger partial charge on any atom is -0.496 e. The molecule has 1 aromatic carbocycles. The number of carbonyl (C=O) groups excluding carboxylic acids is 2. The largest absolute Gasteiger partial charge is 0.496 e. The first kappa shape index (κ1) is 18.4. The molecule has 2 saturated heterocycles. The van der Waals surface area contributed by atoms with Gasteiger partial charge in [0.05, 0.1) is 19.2 Å². The van der Waals surface area contributed by atoms with Crippen LogP contribution in [-0.2, 0) is 20.7 Å². The third-order valence-corrected chi connectivity index (χ3v) is 5.15. The Hall–Kier alpha value is -2.94. The summed E-state index contributed by atoms with van der Waals surface area (Å²) in [5.41, 5.74) is 0.287. The van der Waals surface area contributed by atoms with Gasteiger partial charge in [0, 0.05) is 25.9 Å². The molecule has 2 aliphatic rings. The van der Waals surface area contributed by atoms with Gasteiger partial charge in [-0.05, 0) is 18.6 Å². The van der Waals surface area contributed by atoms with Gasteiger partial charge in [0.2, 0.25) is 23.5 Å². The second-order valence-corrected chi connectivity index (χ2v) is 7.03. The summed E-state index contributed by atoms with van der Waals surface area (Å²) in [6.07, 6.45) is 1.36. The molecule has 0 bridgehead atoms. The number of hydrogen-bond acceptors (Lipinski definition) is 7. The maximum atomic E-state index is 12.6. The number of para-hydroxylation sites is 1. The maximum absolute atomic E-state index is 12.6. The van der Waals surface area contributed by atoms with Gasteiger partial charge in [0.1, 0.15) is 18.0 Å². The molecule has 1 spiro atoms. The average molecular weight is 386 g/mol. The Morgan fingerprint density at radius 1 is 1.39 bits per heavy atom. The summed E-state index contributed by atoms with van der Waals surface area (Å²) >= 11 is 0. The molecule has 9 heteroatoms. The van der Waals surface area contributed by atoms with E-state index in [2.05, 4.69) is 15.5 Å². The fourth-order valence-electron chi connectivity index (χ4n) is 3.57. The van der Waals surface area contributed by atoms with Crippen LogP contribution >= 0.6 is 0 Å². The Bertz CT molecular complexity index is 871. The highest BCUT2D eigenvalue weighted by Gasteiger charge is 2.43. The number of ether oxygens (including phenoxy) is 2. The number of rotatable bonds is 5. The normalized spacial score (nSPS) is 21.8. The topological polar surface area (TPSA) is 107 Å². The van der Waals surface area contributed by atoms with Crippen molar-refractivity contribution < 1.29 is 23.6 Å². The number of benzene rings is 1. The summed E-state index contributed by atoms with van der Waals surface area (Å²) in [6.45, 7) is 1.60. The average Bonchev–Trinajstić information content (AvgIpc) is 3.36. The minimum absolute atomic E-state index is 0.00872. The smallest absolute Gasteiger partial charge is 0.246 e. The van der Waals surface area contributed by atoms with Crippen molar-refractivity contribution in [1.29, 1.82) is 0 Å². The Morgan fingerprint density at radius 2 is 2.25 bits per heavy atom. The van der Waals surface area contributed by atoms with Gasteiger partial charge in [0.15, 0.2) is 0 Å². The minimum atomic E-state index is -0.453. The number of amides is 2. The zero-order valence-electron chi connectivity index (χ0n) is 15.6. The highest BCUT2D eigenvalue weighted by Crippen LogP contribution is 2.28. The fraction of sp³-hybridized carbons (Fsp3) is 0.474. The van der Waals surface area contributed by atoms with Crippen molar-refractivity contribution >= 4 is 11.8 Å². The van der Waals surface area contributed by atoms with Gasteiger partial charge in [-0.2, -0.15) is 4.98 Å². The van der Waals surface area contributed by atoms with E-state index in [0.29, 0.717) is 43.5 Å². The van der Waals surface area contributed by atoms with Crippen molar-refractivity contribution in [3.8, 4) is 17.1 Å².